The van der Waals surface area contributed by atoms with Gasteiger partial charge >= 0.3 is 0 Å². The number of aromatic amines is 1. The number of hydrogen-bond acceptors (Lipinski definition) is 4. The number of nitrogens with zero attached hydrogens (tertiary/aromatic N) is 5. The molecule has 1 atom stereocenters. The molecule has 1 aliphatic heterocycles. The Kier molecular flexibility index (Phi) is 5.42. The number of carbonyl (C=O) groups excluding carboxylic acids is 1. The lowest BCUT2D eigenvalue weighted by atomic mass is 10.1. The molecule has 3 heterocycles. The Labute approximate surface area is 185 Å². The third kappa shape index (κ3) is 4.18. The molecule has 1 N–H and O–H groups in total. The first kappa shape index (κ1) is 19.8. The van der Waals surface area contributed by atoms with Crippen molar-refractivity contribution >= 4 is 28.5 Å². The summed E-state index contributed by atoms with van der Waals surface area (Å²) < 4.78 is 1.75. The number of carbonyl (C=O) groups is 1. The second-order valence-corrected chi connectivity index (χ2v) is 8.33. The summed E-state index contributed by atoms with van der Waals surface area (Å²) >= 11 is 6.09. The van der Waals surface area contributed by atoms with Crippen molar-refractivity contribution in [3.05, 3.63) is 76.8 Å². The van der Waals surface area contributed by atoms with Gasteiger partial charge in [-0.25, -0.2) is 4.98 Å². The molecule has 0 spiro atoms. The number of nitrogens with one attached hydrogen (secondary N) is 1. The van der Waals surface area contributed by atoms with Crippen molar-refractivity contribution in [2.45, 2.75) is 38.3 Å². The summed E-state index contributed by atoms with van der Waals surface area (Å²) in [5.41, 5.74) is 3.41. The molecule has 5 rings (SSSR count). The van der Waals surface area contributed by atoms with Crippen LogP contribution >= 0.6 is 11.6 Å². The summed E-state index contributed by atoms with van der Waals surface area (Å²) in [6, 6.07) is 15.8. The molecular formula is C23H23ClN6O. The lowest BCUT2D eigenvalue weighted by Crippen LogP contribution is -2.31. The number of imidazole rings is 1. The van der Waals surface area contributed by atoms with Crippen LogP contribution in [0.25, 0.3) is 11.0 Å². The SMILES string of the molecule is O=C(c1cn(CCCc2ccccc2)nn1)N1CCC[C@H]1c1nc2ccc(Cl)cc2[nH]1. The Morgan fingerprint density at radius 1 is 1.19 bits per heavy atom. The van der Waals surface area contributed by atoms with Gasteiger partial charge in [-0.15, -0.1) is 5.10 Å². The molecule has 31 heavy (non-hydrogen) atoms. The van der Waals surface area contributed by atoms with E-state index in [-0.39, 0.29) is 11.9 Å². The fourth-order valence-corrected chi connectivity index (χ4v) is 4.37. The Balaban J connectivity index is 1.26. The van der Waals surface area contributed by atoms with E-state index in [1.54, 1.807) is 10.9 Å². The molecule has 0 saturated carbocycles. The minimum Gasteiger partial charge on any atom is -0.340 e. The van der Waals surface area contributed by atoms with Crippen molar-refractivity contribution in [2.75, 3.05) is 6.54 Å². The molecule has 0 aliphatic carbocycles. The van der Waals surface area contributed by atoms with E-state index in [9.17, 15) is 4.79 Å². The van der Waals surface area contributed by atoms with Gasteiger partial charge in [0.15, 0.2) is 5.69 Å². The molecular weight excluding hydrogens is 412 g/mol. The maximum atomic E-state index is 13.2. The van der Waals surface area contributed by atoms with Crippen LogP contribution < -0.4 is 0 Å². The fourth-order valence-electron chi connectivity index (χ4n) is 4.20. The summed E-state index contributed by atoms with van der Waals surface area (Å²) in [7, 11) is 0. The maximum Gasteiger partial charge on any atom is 0.276 e. The van der Waals surface area contributed by atoms with Crippen LogP contribution in [-0.4, -0.2) is 42.3 Å². The van der Waals surface area contributed by atoms with Crippen molar-refractivity contribution in [3.8, 4) is 0 Å². The average molecular weight is 435 g/mol. The predicted octanol–water partition coefficient (Wildman–Crippen LogP) is 4.42. The van der Waals surface area contributed by atoms with E-state index in [2.05, 4.69) is 32.4 Å². The molecule has 4 aromatic rings. The Morgan fingerprint density at radius 3 is 2.94 bits per heavy atom. The number of fused-ring (bicyclic) bond motifs is 1. The van der Waals surface area contributed by atoms with Gasteiger partial charge in [0.25, 0.3) is 5.91 Å². The second-order valence-electron chi connectivity index (χ2n) is 7.90. The van der Waals surface area contributed by atoms with Crippen LogP contribution in [0, 0.1) is 0 Å². The topological polar surface area (TPSA) is 79.7 Å². The van der Waals surface area contributed by atoms with Crippen LogP contribution in [0.4, 0.5) is 0 Å². The first-order valence-corrected chi connectivity index (χ1v) is 11.0. The normalized spacial score (nSPS) is 16.3. The number of aromatic nitrogens is 5. The predicted molar refractivity (Wildman–Crippen MR) is 119 cm³/mol. The third-order valence-corrected chi connectivity index (χ3v) is 5.98. The van der Waals surface area contributed by atoms with E-state index in [0.29, 0.717) is 17.3 Å². The monoisotopic (exact) mass is 434 g/mol. The first-order valence-electron chi connectivity index (χ1n) is 10.6. The molecule has 0 bridgehead atoms. The zero-order valence-electron chi connectivity index (χ0n) is 17.0. The lowest BCUT2D eigenvalue weighted by molar-refractivity contribution is 0.0724. The number of benzene rings is 2. The minimum atomic E-state index is -0.102. The molecule has 0 radical (unpaired) electrons. The summed E-state index contributed by atoms with van der Waals surface area (Å²) in [6.07, 6.45) is 5.45. The maximum absolute atomic E-state index is 13.2. The molecule has 158 valence electrons. The quantitative estimate of drug-likeness (QED) is 0.487. The Hall–Kier alpha value is -3.19. The lowest BCUT2D eigenvalue weighted by Gasteiger charge is -2.21. The van der Waals surface area contributed by atoms with E-state index < -0.39 is 0 Å². The van der Waals surface area contributed by atoms with E-state index in [1.165, 1.54) is 5.56 Å². The van der Waals surface area contributed by atoms with Gasteiger partial charge in [0.2, 0.25) is 0 Å². The van der Waals surface area contributed by atoms with Crippen molar-refractivity contribution in [1.82, 2.24) is 29.9 Å². The molecule has 7 nitrogen and oxygen atoms in total. The Bertz CT molecular complexity index is 1200. The summed E-state index contributed by atoms with van der Waals surface area (Å²) in [5.74, 6) is 0.689. The van der Waals surface area contributed by atoms with Gasteiger partial charge in [-0.05, 0) is 49.4 Å². The molecule has 1 saturated heterocycles. The second kappa shape index (κ2) is 8.51. The number of halogens is 1. The van der Waals surface area contributed by atoms with Crippen molar-refractivity contribution in [2.24, 2.45) is 0 Å². The molecule has 1 amide bonds. The number of rotatable bonds is 6. The molecule has 1 aliphatic rings. The van der Waals surface area contributed by atoms with E-state index >= 15 is 0 Å². The number of hydrogen-bond donors (Lipinski definition) is 1. The van der Waals surface area contributed by atoms with Crippen LogP contribution in [0.3, 0.4) is 0 Å². The van der Waals surface area contributed by atoms with Crippen LogP contribution in [0.1, 0.15) is 47.2 Å². The third-order valence-electron chi connectivity index (χ3n) is 5.74. The number of amides is 1. The van der Waals surface area contributed by atoms with Gasteiger partial charge in [0, 0.05) is 18.1 Å². The molecule has 0 unspecified atom stereocenters. The highest BCUT2D eigenvalue weighted by atomic mass is 35.5. The standard InChI is InChI=1S/C23H23ClN6O/c24-17-10-11-18-19(14-17)26-22(25-18)21-9-5-13-30(21)23(31)20-15-29(28-27-20)12-4-8-16-6-2-1-3-7-16/h1-3,6-7,10-11,14-15,21H,4-5,8-9,12-13H2,(H,25,26)/t21-/m0/s1. The van der Waals surface area contributed by atoms with Gasteiger partial charge in [-0.3, -0.25) is 9.48 Å². The summed E-state index contributed by atoms with van der Waals surface area (Å²) in [5, 5.41) is 8.96. The summed E-state index contributed by atoms with van der Waals surface area (Å²) in [4.78, 5) is 23.0. The van der Waals surface area contributed by atoms with Crippen molar-refractivity contribution in [3.63, 3.8) is 0 Å². The van der Waals surface area contributed by atoms with Gasteiger partial charge in [0.05, 0.1) is 23.3 Å². The van der Waals surface area contributed by atoms with Gasteiger partial charge in [-0.1, -0.05) is 47.1 Å². The molecule has 2 aromatic carbocycles. The molecule has 1 fully saturated rings. The zero-order valence-corrected chi connectivity index (χ0v) is 17.8. The van der Waals surface area contributed by atoms with Gasteiger partial charge < -0.3 is 9.88 Å². The van der Waals surface area contributed by atoms with Gasteiger partial charge in [-0.2, -0.15) is 0 Å². The fraction of sp³-hybridized carbons (Fsp3) is 0.304. The number of likely N-dealkylation sites (tertiary alicyclic amines) is 1. The highest BCUT2D eigenvalue weighted by Gasteiger charge is 2.33. The number of aryl methyl sites for hydroxylation is 2. The van der Waals surface area contributed by atoms with E-state index in [1.807, 2.05) is 41.3 Å². The number of H-pyrrole nitrogens is 1. The van der Waals surface area contributed by atoms with Crippen molar-refractivity contribution in [1.29, 1.82) is 0 Å². The first-order chi connectivity index (χ1) is 15.2. The van der Waals surface area contributed by atoms with Crippen LogP contribution in [0.2, 0.25) is 5.02 Å². The molecule has 8 heteroatoms. The largest absolute Gasteiger partial charge is 0.340 e. The minimum absolute atomic E-state index is 0.0955. The average Bonchev–Trinajstić information content (AvgIpc) is 3.52. The highest BCUT2D eigenvalue weighted by molar-refractivity contribution is 6.31. The zero-order chi connectivity index (χ0) is 21.2. The van der Waals surface area contributed by atoms with Crippen molar-refractivity contribution < 1.29 is 4.79 Å². The van der Waals surface area contributed by atoms with E-state index in [4.69, 9.17) is 11.6 Å². The smallest absolute Gasteiger partial charge is 0.276 e. The van der Waals surface area contributed by atoms with Crippen LogP contribution in [-0.2, 0) is 13.0 Å². The summed E-state index contributed by atoms with van der Waals surface area (Å²) in [6.45, 7) is 1.41. The molecule has 2 aromatic heterocycles. The highest BCUT2D eigenvalue weighted by Crippen LogP contribution is 2.32. The van der Waals surface area contributed by atoms with Crippen LogP contribution in [0.15, 0.2) is 54.7 Å². The Morgan fingerprint density at radius 2 is 2.06 bits per heavy atom. The van der Waals surface area contributed by atoms with Gasteiger partial charge in [0.1, 0.15) is 5.82 Å². The van der Waals surface area contributed by atoms with Crippen LogP contribution in [0.5, 0.6) is 0 Å². The van der Waals surface area contributed by atoms with E-state index in [0.717, 1.165) is 49.1 Å².